The van der Waals surface area contributed by atoms with Gasteiger partial charge in [0.25, 0.3) is 0 Å². The lowest BCUT2D eigenvalue weighted by atomic mass is 9.62. The number of aryl methyl sites for hydroxylation is 1. The molecule has 0 amide bonds. The second-order valence-electron chi connectivity index (χ2n) is 13.2. The predicted molar refractivity (Wildman–Crippen MR) is 164 cm³/mol. The molecule has 4 unspecified atom stereocenters. The van der Waals surface area contributed by atoms with E-state index in [1.165, 1.54) is 28.7 Å². The van der Waals surface area contributed by atoms with Crippen LogP contribution in [0.4, 0.5) is 0 Å². The van der Waals surface area contributed by atoms with Gasteiger partial charge in [0.1, 0.15) is 5.60 Å². The van der Waals surface area contributed by atoms with Crippen molar-refractivity contribution < 1.29 is 4.74 Å². The minimum Gasteiger partial charge on any atom is -0.360 e. The molecule has 0 N–H and O–H groups in total. The lowest BCUT2D eigenvalue weighted by molar-refractivity contribution is -0.0615. The maximum Gasteiger partial charge on any atom is 0.143 e. The molecular formula is C37H52O. The Hall–Kier alpha value is -2.38. The molecule has 0 bridgehead atoms. The van der Waals surface area contributed by atoms with E-state index in [9.17, 15) is 0 Å². The predicted octanol–water partition coefficient (Wildman–Crippen LogP) is 10.3. The zero-order valence-corrected chi connectivity index (χ0v) is 25.7. The average molecular weight is 513 g/mol. The van der Waals surface area contributed by atoms with Crippen LogP contribution in [0.2, 0.25) is 0 Å². The fourth-order valence-corrected chi connectivity index (χ4v) is 5.97. The summed E-state index contributed by atoms with van der Waals surface area (Å²) in [6.45, 7) is 24.6. The lowest BCUT2D eigenvalue weighted by Gasteiger charge is -2.45. The van der Waals surface area contributed by atoms with Crippen molar-refractivity contribution >= 4 is 0 Å². The molecule has 4 atom stereocenters. The monoisotopic (exact) mass is 512 g/mol. The smallest absolute Gasteiger partial charge is 0.143 e. The van der Waals surface area contributed by atoms with E-state index in [2.05, 4.69) is 154 Å². The van der Waals surface area contributed by atoms with E-state index in [1.54, 1.807) is 0 Å². The van der Waals surface area contributed by atoms with Crippen LogP contribution < -0.4 is 0 Å². The van der Waals surface area contributed by atoms with E-state index in [1.807, 2.05) is 0 Å². The van der Waals surface area contributed by atoms with E-state index < -0.39 is 5.60 Å². The van der Waals surface area contributed by atoms with Crippen molar-refractivity contribution in [2.45, 2.75) is 81.3 Å². The zero-order valence-electron chi connectivity index (χ0n) is 25.7. The largest absolute Gasteiger partial charge is 0.360 e. The maximum absolute atomic E-state index is 7.29. The van der Waals surface area contributed by atoms with Crippen molar-refractivity contribution in [3.8, 4) is 0 Å². The number of hydrogen-bond donors (Lipinski definition) is 0. The van der Waals surface area contributed by atoms with Gasteiger partial charge in [-0.2, -0.15) is 0 Å². The van der Waals surface area contributed by atoms with Crippen LogP contribution >= 0.6 is 0 Å². The Morgan fingerprint density at radius 3 is 1.39 bits per heavy atom. The van der Waals surface area contributed by atoms with Crippen LogP contribution in [0, 0.1) is 41.4 Å². The Bertz CT molecular complexity index is 1070. The molecule has 3 rings (SSSR count). The van der Waals surface area contributed by atoms with Gasteiger partial charge in [-0.15, -0.1) is 0 Å². The number of benzene rings is 3. The van der Waals surface area contributed by atoms with Crippen LogP contribution in [0.25, 0.3) is 0 Å². The summed E-state index contributed by atoms with van der Waals surface area (Å²) in [4.78, 5) is 0. The van der Waals surface area contributed by atoms with Crippen LogP contribution in [0.1, 0.15) is 91.0 Å². The fourth-order valence-electron chi connectivity index (χ4n) is 5.97. The Balaban J connectivity index is 2.01. The first kappa shape index (κ1) is 30.2. The first-order chi connectivity index (χ1) is 17.9. The molecule has 0 saturated carbocycles. The molecule has 3 aromatic carbocycles. The summed E-state index contributed by atoms with van der Waals surface area (Å²) < 4.78 is 7.29. The van der Waals surface area contributed by atoms with Gasteiger partial charge in [0, 0.05) is 0 Å². The van der Waals surface area contributed by atoms with Crippen molar-refractivity contribution in [3.05, 3.63) is 107 Å². The van der Waals surface area contributed by atoms with Gasteiger partial charge >= 0.3 is 0 Å². The van der Waals surface area contributed by atoms with Crippen molar-refractivity contribution in [1.82, 2.24) is 0 Å². The van der Waals surface area contributed by atoms with Crippen LogP contribution in [0.5, 0.6) is 0 Å². The molecule has 0 fully saturated rings. The second kappa shape index (κ2) is 12.2. The molecule has 0 aliphatic carbocycles. The van der Waals surface area contributed by atoms with Crippen LogP contribution in [-0.4, -0.2) is 6.61 Å². The summed E-state index contributed by atoms with van der Waals surface area (Å²) in [5.41, 5.74) is 4.41. The van der Waals surface area contributed by atoms with Crippen LogP contribution in [0.15, 0.2) is 84.9 Å². The molecule has 1 nitrogen and oxygen atoms in total. The van der Waals surface area contributed by atoms with Crippen LogP contribution in [-0.2, 0) is 10.3 Å². The molecule has 1 heteroatoms. The van der Waals surface area contributed by atoms with E-state index >= 15 is 0 Å². The van der Waals surface area contributed by atoms with E-state index in [-0.39, 0.29) is 5.41 Å². The Morgan fingerprint density at radius 1 is 0.579 bits per heavy atom. The highest BCUT2D eigenvalue weighted by atomic mass is 16.5. The summed E-state index contributed by atoms with van der Waals surface area (Å²) in [5, 5.41) is 0. The topological polar surface area (TPSA) is 9.23 Å². The van der Waals surface area contributed by atoms with Gasteiger partial charge in [-0.05, 0) is 58.1 Å². The third-order valence-corrected chi connectivity index (χ3v) is 10.3. The molecule has 0 spiro atoms. The molecule has 0 heterocycles. The van der Waals surface area contributed by atoms with Gasteiger partial charge < -0.3 is 4.74 Å². The van der Waals surface area contributed by atoms with Gasteiger partial charge in [-0.25, -0.2) is 0 Å². The first-order valence-electron chi connectivity index (χ1n) is 14.7. The van der Waals surface area contributed by atoms with Crippen molar-refractivity contribution in [2.75, 3.05) is 6.61 Å². The van der Waals surface area contributed by atoms with Crippen molar-refractivity contribution in [2.24, 2.45) is 34.5 Å². The number of rotatable bonds is 12. The molecule has 38 heavy (non-hydrogen) atoms. The van der Waals surface area contributed by atoms with Gasteiger partial charge in [-0.1, -0.05) is 159 Å². The maximum atomic E-state index is 7.29. The lowest BCUT2D eigenvalue weighted by Crippen LogP contribution is -2.41. The molecule has 0 aromatic heterocycles. The molecule has 3 aromatic rings. The number of ether oxygens (including phenoxy) is 1. The summed E-state index contributed by atoms with van der Waals surface area (Å²) in [6.07, 6.45) is 1.21. The highest BCUT2D eigenvalue weighted by Crippen LogP contribution is 2.46. The molecule has 0 saturated heterocycles. The van der Waals surface area contributed by atoms with Gasteiger partial charge in [0.2, 0.25) is 0 Å². The summed E-state index contributed by atoms with van der Waals surface area (Å²) >= 11 is 0. The fraction of sp³-hybridized carbons (Fsp3) is 0.514. The Morgan fingerprint density at radius 2 is 0.974 bits per heavy atom. The minimum atomic E-state index is -0.681. The molecule has 0 aliphatic heterocycles. The van der Waals surface area contributed by atoms with Crippen molar-refractivity contribution in [3.63, 3.8) is 0 Å². The SMILES string of the molecule is CCC(C)(C)C(C)C(C)C(C)C(C)C(C)(C)COC(c1ccccc1)(c1ccccc1)c1ccc(C)cc1. The highest BCUT2D eigenvalue weighted by molar-refractivity contribution is 5.48. The zero-order chi connectivity index (χ0) is 28.1. The van der Waals surface area contributed by atoms with Gasteiger partial charge in [0.05, 0.1) is 6.61 Å². The number of hydrogen-bond acceptors (Lipinski definition) is 1. The molecule has 206 valence electrons. The molecular weight excluding hydrogens is 460 g/mol. The van der Waals surface area contributed by atoms with Gasteiger partial charge in [0.15, 0.2) is 0 Å². The summed E-state index contributed by atoms with van der Waals surface area (Å²) in [7, 11) is 0. The molecule has 0 aliphatic rings. The van der Waals surface area contributed by atoms with Crippen molar-refractivity contribution in [1.29, 1.82) is 0 Å². The van der Waals surface area contributed by atoms with E-state index in [0.29, 0.717) is 35.7 Å². The molecule has 0 radical (unpaired) electrons. The average Bonchev–Trinajstić information content (AvgIpc) is 2.93. The third kappa shape index (κ3) is 6.26. The standard InChI is InChI=1S/C37H52O/c1-11-35(7,8)30(5)28(3)29(4)31(6)36(9,10)26-38-37(32-18-14-12-15-19-32,33-20-16-13-17-21-33)34-24-22-27(2)23-25-34/h12-25,28-31H,11,26H2,1-10H3. The Kier molecular flexibility index (Phi) is 9.69. The van der Waals surface area contributed by atoms with E-state index in [0.717, 1.165) is 0 Å². The normalized spacial score (nSPS) is 16.1. The minimum absolute atomic E-state index is 0.0107. The highest BCUT2D eigenvalue weighted by Gasteiger charge is 2.42. The second-order valence-corrected chi connectivity index (χ2v) is 13.2. The van der Waals surface area contributed by atoms with Gasteiger partial charge in [-0.3, -0.25) is 0 Å². The quantitative estimate of drug-likeness (QED) is 0.219. The summed E-state index contributed by atoms with van der Waals surface area (Å²) in [6, 6.07) is 30.4. The van der Waals surface area contributed by atoms with E-state index in [4.69, 9.17) is 4.74 Å². The Labute approximate surface area is 234 Å². The third-order valence-electron chi connectivity index (χ3n) is 10.3. The van der Waals surface area contributed by atoms with Crippen LogP contribution in [0.3, 0.4) is 0 Å². The first-order valence-corrected chi connectivity index (χ1v) is 14.7. The summed E-state index contributed by atoms with van der Waals surface area (Å²) in [5.74, 6) is 2.36.